The Bertz CT molecular complexity index is 398. The summed E-state index contributed by atoms with van der Waals surface area (Å²) in [5.41, 5.74) is 0.807. The number of esters is 1. The van der Waals surface area contributed by atoms with Crippen LogP contribution in [0.15, 0.2) is 24.3 Å². The van der Waals surface area contributed by atoms with Crippen LogP contribution in [0.25, 0.3) is 0 Å². The highest BCUT2D eigenvalue weighted by molar-refractivity contribution is 5.78. The first-order valence-corrected chi connectivity index (χ1v) is 5.97. The fraction of sp³-hybridized carbons (Fsp3) is 0.500. The van der Waals surface area contributed by atoms with E-state index < -0.39 is 11.6 Å². The molecule has 0 heterocycles. The summed E-state index contributed by atoms with van der Waals surface area (Å²) in [5, 5.41) is 13.0. The van der Waals surface area contributed by atoms with Crippen molar-refractivity contribution in [3.05, 3.63) is 35.4 Å². The Balaban J connectivity index is 2.58. The second kappa shape index (κ2) is 5.98. The molecule has 0 bridgehead atoms. The van der Waals surface area contributed by atoms with Crippen molar-refractivity contribution in [3.8, 4) is 0 Å². The van der Waals surface area contributed by atoms with E-state index in [0.717, 1.165) is 5.56 Å². The Morgan fingerprint density at radius 2 is 2.00 bits per heavy atom. The lowest BCUT2D eigenvalue weighted by atomic mass is 10.0. The Morgan fingerprint density at radius 1 is 1.44 bits per heavy atom. The van der Waals surface area contributed by atoms with E-state index in [9.17, 15) is 9.90 Å². The van der Waals surface area contributed by atoms with Gasteiger partial charge < -0.3 is 15.2 Å². The molecule has 0 spiro atoms. The minimum absolute atomic E-state index is 0.0572. The monoisotopic (exact) mass is 251 g/mol. The van der Waals surface area contributed by atoms with Gasteiger partial charge in [-0.15, -0.1) is 0 Å². The van der Waals surface area contributed by atoms with Crippen LogP contribution < -0.4 is 5.32 Å². The van der Waals surface area contributed by atoms with E-state index in [4.69, 9.17) is 0 Å². The number of rotatable bonds is 5. The molecule has 4 nitrogen and oxygen atoms in total. The number of carbonyl (C=O) groups is 1. The van der Waals surface area contributed by atoms with Crippen LogP contribution in [0, 0.1) is 6.92 Å². The highest BCUT2D eigenvalue weighted by atomic mass is 16.5. The first-order chi connectivity index (χ1) is 8.36. The van der Waals surface area contributed by atoms with Crippen molar-refractivity contribution in [1.82, 2.24) is 5.32 Å². The SMILES string of the molecule is COC(=O)C(C)(O)CN[C@H](C)c1ccc(C)cc1. The van der Waals surface area contributed by atoms with E-state index in [-0.39, 0.29) is 12.6 Å². The molecule has 0 fully saturated rings. The van der Waals surface area contributed by atoms with E-state index >= 15 is 0 Å². The summed E-state index contributed by atoms with van der Waals surface area (Å²) < 4.78 is 4.54. The van der Waals surface area contributed by atoms with Gasteiger partial charge in [-0.25, -0.2) is 4.79 Å². The second-order valence-electron chi connectivity index (χ2n) is 4.78. The second-order valence-corrected chi connectivity index (χ2v) is 4.78. The number of nitrogens with one attached hydrogen (secondary N) is 1. The van der Waals surface area contributed by atoms with Crippen LogP contribution >= 0.6 is 0 Å². The van der Waals surface area contributed by atoms with Gasteiger partial charge in [0.05, 0.1) is 7.11 Å². The zero-order chi connectivity index (χ0) is 13.8. The van der Waals surface area contributed by atoms with Gasteiger partial charge in [0.2, 0.25) is 0 Å². The highest BCUT2D eigenvalue weighted by Crippen LogP contribution is 2.14. The van der Waals surface area contributed by atoms with Crippen molar-refractivity contribution in [2.45, 2.75) is 32.4 Å². The van der Waals surface area contributed by atoms with E-state index in [1.165, 1.54) is 19.6 Å². The van der Waals surface area contributed by atoms with Gasteiger partial charge in [0.25, 0.3) is 0 Å². The first kappa shape index (κ1) is 14.7. The molecular weight excluding hydrogens is 230 g/mol. The molecule has 0 aromatic heterocycles. The van der Waals surface area contributed by atoms with Gasteiger partial charge in [0.1, 0.15) is 0 Å². The molecule has 0 radical (unpaired) electrons. The molecule has 18 heavy (non-hydrogen) atoms. The van der Waals surface area contributed by atoms with Crippen LogP contribution in [0.1, 0.15) is 31.0 Å². The maximum Gasteiger partial charge on any atom is 0.338 e. The lowest BCUT2D eigenvalue weighted by molar-refractivity contribution is -0.160. The molecule has 0 aliphatic heterocycles. The predicted molar refractivity (Wildman–Crippen MR) is 70.2 cm³/mol. The molecule has 1 aromatic carbocycles. The highest BCUT2D eigenvalue weighted by Gasteiger charge is 2.31. The summed E-state index contributed by atoms with van der Waals surface area (Å²) in [7, 11) is 1.26. The molecule has 0 saturated carbocycles. The van der Waals surface area contributed by atoms with Crippen molar-refractivity contribution >= 4 is 5.97 Å². The quantitative estimate of drug-likeness (QED) is 0.780. The number of carbonyl (C=O) groups excluding carboxylic acids is 1. The van der Waals surface area contributed by atoms with Gasteiger partial charge >= 0.3 is 5.97 Å². The lowest BCUT2D eigenvalue weighted by Gasteiger charge is -2.23. The van der Waals surface area contributed by atoms with Gasteiger partial charge in [-0.2, -0.15) is 0 Å². The number of methoxy groups -OCH3 is 1. The summed E-state index contributed by atoms with van der Waals surface area (Å²) in [6, 6.07) is 8.18. The molecule has 1 aromatic rings. The van der Waals surface area contributed by atoms with Crippen molar-refractivity contribution in [1.29, 1.82) is 0 Å². The fourth-order valence-corrected chi connectivity index (χ4v) is 1.62. The van der Waals surface area contributed by atoms with Crippen LogP contribution in [-0.4, -0.2) is 30.3 Å². The van der Waals surface area contributed by atoms with Gasteiger partial charge in [0.15, 0.2) is 5.60 Å². The third kappa shape index (κ3) is 3.82. The molecule has 0 saturated heterocycles. The van der Waals surface area contributed by atoms with E-state index in [2.05, 4.69) is 10.1 Å². The molecule has 1 unspecified atom stereocenters. The number of aliphatic hydroxyl groups is 1. The topological polar surface area (TPSA) is 58.6 Å². The molecule has 100 valence electrons. The fourth-order valence-electron chi connectivity index (χ4n) is 1.62. The number of hydrogen-bond acceptors (Lipinski definition) is 4. The van der Waals surface area contributed by atoms with Gasteiger partial charge in [-0.05, 0) is 26.3 Å². The lowest BCUT2D eigenvalue weighted by Crippen LogP contribution is -2.46. The number of hydrogen-bond donors (Lipinski definition) is 2. The summed E-state index contributed by atoms with van der Waals surface area (Å²) in [4.78, 5) is 11.3. The number of ether oxygens (including phenoxy) is 1. The van der Waals surface area contributed by atoms with Crippen LogP contribution in [0.4, 0.5) is 0 Å². The van der Waals surface area contributed by atoms with Crippen LogP contribution in [0.2, 0.25) is 0 Å². The third-order valence-corrected chi connectivity index (χ3v) is 2.95. The molecule has 0 aliphatic rings. The first-order valence-electron chi connectivity index (χ1n) is 5.97. The Morgan fingerprint density at radius 3 is 2.50 bits per heavy atom. The minimum atomic E-state index is -1.51. The van der Waals surface area contributed by atoms with Crippen LogP contribution in [0.3, 0.4) is 0 Å². The zero-order valence-electron chi connectivity index (χ0n) is 11.4. The van der Waals surface area contributed by atoms with E-state index in [1.54, 1.807) is 0 Å². The van der Waals surface area contributed by atoms with E-state index in [1.807, 2.05) is 38.1 Å². The third-order valence-electron chi connectivity index (χ3n) is 2.95. The van der Waals surface area contributed by atoms with Crippen molar-refractivity contribution < 1.29 is 14.6 Å². The molecule has 1 rings (SSSR count). The molecule has 0 aliphatic carbocycles. The van der Waals surface area contributed by atoms with Crippen LogP contribution in [0.5, 0.6) is 0 Å². The van der Waals surface area contributed by atoms with Gasteiger partial charge in [0, 0.05) is 12.6 Å². The summed E-state index contributed by atoms with van der Waals surface area (Å²) >= 11 is 0. The molecule has 2 N–H and O–H groups in total. The Kier molecular flexibility index (Phi) is 4.87. The maximum absolute atomic E-state index is 11.3. The Labute approximate surface area is 108 Å². The standard InChI is InChI=1S/C14H21NO3/c1-10-5-7-12(8-6-10)11(2)15-9-14(3,17)13(16)18-4/h5-8,11,15,17H,9H2,1-4H3/t11-,14?/m1/s1. The average molecular weight is 251 g/mol. The smallest absolute Gasteiger partial charge is 0.338 e. The summed E-state index contributed by atoms with van der Waals surface area (Å²) in [6.07, 6.45) is 0. The normalized spacial score (nSPS) is 15.8. The van der Waals surface area contributed by atoms with Crippen molar-refractivity contribution in [2.75, 3.05) is 13.7 Å². The minimum Gasteiger partial charge on any atom is -0.467 e. The molecule has 4 heteroatoms. The number of aryl methyl sites for hydroxylation is 1. The summed E-state index contributed by atoms with van der Waals surface area (Å²) in [5.74, 6) is -0.633. The molecule has 2 atom stereocenters. The van der Waals surface area contributed by atoms with Crippen molar-refractivity contribution in [2.24, 2.45) is 0 Å². The predicted octanol–water partition coefficient (Wildman–Crippen LogP) is 1.57. The molecule has 0 amide bonds. The van der Waals surface area contributed by atoms with E-state index in [0.29, 0.717) is 0 Å². The van der Waals surface area contributed by atoms with Gasteiger partial charge in [-0.1, -0.05) is 29.8 Å². The maximum atomic E-state index is 11.3. The summed E-state index contributed by atoms with van der Waals surface area (Å²) in [6.45, 7) is 5.60. The van der Waals surface area contributed by atoms with Crippen molar-refractivity contribution in [3.63, 3.8) is 0 Å². The largest absolute Gasteiger partial charge is 0.467 e. The number of benzene rings is 1. The van der Waals surface area contributed by atoms with Crippen LogP contribution in [-0.2, 0) is 9.53 Å². The van der Waals surface area contributed by atoms with Gasteiger partial charge in [-0.3, -0.25) is 0 Å². The Hall–Kier alpha value is -1.39. The molecular formula is C14H21NO3. The average Bonchev–Trinajstić information content (AvgIpc) is 2.35. The zero-order valence-corrected chi connectivity index (χ0v) is 11.4.